The molecule has 2 aromatic carbocycles. The van der Waals surface area contributed by atoms with E-state index in [2.05, 4.69) is 15.6 Å². The van der Waals surface area contributed by atoms with Crippen LogP contribution in [0.1, 0.15) is 50.5 Å². The molecule has 3 atom stereocenters. The van der Waals surface area contributed by atoms with Crippen molar-refractivity contribution in [3.63, 3.8) is 0 Å². The molecule has 0 fully saturated rings. The number of carbonyl (C=O) groups excluding carboxylic acids is 3. The van der Waals surface area contributed by atoms with Gasteiger partial charge in [0, 0.05) is 42.2 Å². The van der Waals surface area contributed by atoms with E-state index in [0.717, 1.165) is 27.8 Å². The highest BCUT2D eigenvalue weighted by atomic mass is 35.5. The fourth-order valence-corrected chi connectivity index (χ4v) is 6.32. The van der Waals surface area contributed by atoms with Crippen LogP contribution in [0.5, 0.6) is 0 Å². The lowest BCUT2D eigenvalue weighted by molar-refractivity contribution is -0.133. The topological polar surface area (TPSA) is 151 Å². The van der Waals surface area contributed by atoms with Crippen LogP contribution in [0.15, 0.2) is 60.8 Å². The normalized spacial score (nSPS) is 18.5. The molecule has 0 saturated heterocycles. The average molecular weight is 681 g/mol. The number of amides is 3. The molecule has 1 aliphatic heterocycles. The number of hydrogen-bond donors (Lipinski definition) is 4. The van der Waals surface area contributed by atoms with E-state index in [-0.39, 0.29) is 42.5 Å². The van der Waals surface area contributed by atoms with E-state index in [9.17, 15) is 14.4 Å². The molecule has 13 heteroatoms. The van der Waals surface area contributed by atoms with E-state index in [1.165, 1.54) is 0 Å². The SMILES string of the molecule is CSCC[C@@H]1NC(=O)CCCN(C(=O)[C@H](N)Cc2c[nH]c3ccccc23)CCn2nc(-c3ccccc3)nc2C(C(C)C)NC1=O.Cl. The van der Waals surface area contributed by atoms with Crippen molar-refractivity contribution < 1.29 is 14.4 Å². The smallest absolute Gasteiger partial charge is 0.243 e. The van der Waals surface area contributed by atoms with Crippen LogP contribution in [0, 0.1) is 5.92 Å². The molecule has 47 heavy (non-hydrogen) atoms. The first-order valence-corrected chi connectivity index (χ1v) is 17.3. The number of hydrogen-bond acceptors (Lipinski definition) is 7. The predicted octanol–water partition coefficient (Wildman–Crippen LogP) is 4.09. The number of aromatic amines is 1. The third kappa shape index (κ3) is 8.94. The third-order valence-electron chi connectivity index (χ3n) is 8.39. The van der Waals surface area contributed by atoms with Gasteiger partial charge in [-0.2, -0.15) is 16.9 Å². The van der Waals surface area contributed by atoms with E-state index < -0.39 is 18.1 Å². The largest absolute Gasteiger partial charge is 0.361 e. The summed E-state index contributed by atoms with van der Waals surface area (Å²) in [6, 6.07) is 15.7. The lowest BCUT2D eigenvalue weighted by atomic mass is 10.0. The van der Waals surface area contributed by atoms with Crippen LogP contribution in [-0.2, 0) is 27.3 Å². The number of thioether (sulfide) groups is 1. The molecule has 1 aliphatic rings. The van der Waals surface area contributed by atoms with Gasteiger partial charge in [0.1, 0.15) is 6.04 Å². The van der Waals surface area contributed by atoms with Gasteiger partial charge in [-0.1, -0.05) is 62.4 Å². The second kappa shape index (κ2) is 16.8. The van der Waals surface area contributed by atoms with Crippen molar-refractivity contribution in [3.05, 3.63) is 72.2 Å². The van der Waals surface area contributed by atoms with Crippen molar-refractivity contribution >= 4 is 52.8 Å². The van der Waals surface area contributed by atoms with Crippen LogP contribution in [0.4, 0.5) is 0 Å². The van der Waals surface area contributed by atoms with Crippen LogP contribution in [-0.4, -0.2) is 79.6 Å². The molecule has 5 N–H and O–H groups in total. The highest BCUT2D eigenvalue weighted by Crippen LogP contribution is 2.25. The fraction of sp³-hybridized carbons (Fsp3) is 0.441. The second-order valence-corrected chi connectivity index (χ2v) is 13.1. The molecule has 2 aromatic heterocycles. The zero-order chi connectivity index (χ0) is 32.6. The number of nitrogens with one attached hydrogen (secondary N) is 3. The van der Waals surface area contributed by atoms with Crippen molar-refractivity contribution in [2.24, 2.45) is 11.7 Å². The van der Waals surface area contributed by atoms with Crippen LogP contribution in [0.3, 0.4) is 0 Å². The summed E-state index contributed by atoms with van der Waals surface area (Å²) < 4.78 is 1.81. The van der Waals surface area contributed by atoms with Gasteiger partial charge in [-0.3, -0.25) is 14.4 Å². The highest BCUT2D eigenvalue weighted by Gasteiger charge is 2.31. The summed E-state index contributed by atoms with van der Waals surface area (Å²) in [5.74, 6) is 1.19. The number of fused-ring (bicyclic) bond motifs is 2. The van der Waals surface area contributed by atoms with E-state index in [4.69, 9.17) is 15.8 Å². The van der Waals surface area contributed by atoms with Gasteiger partial charge < -0.3 is 26.3 Å². The van der Waals surface area contributed by atoms with Gasteiger partial charge in [0.15, 0.2) is 11.6 Å². The van der Waals surface area contributed by atoms with Crippen molar-refractivity contribution in [1.29, 1.82) is 0 Å². The van der Waals surface area contributed by atoms with E-state index in [0.29, 0.717) is 50.5 Å². The standard InChI is InChI=1S/C34H44N8O3S.ClH/c1-22(2)30-32-39-31(23-10-5-4-6-11-23)40-42(32)18-17-41(16-9-14-29(43)37-28(15-19-46-3)33(44)38-30)34(45)26(35)20-24-21-36-27-13-8-7-12-25(24)27;/h4-8,10-13,21-22,26,28,30,36H,9,14-20,35H2,1-3H3,(H,37,43)(H,38,44);1H/t26-,28+,30?;/m1./s1. The lowest BCUT2D eigenvalue weighted by Crippen LogP contribution is -2.50. The maximum absolute atomic E-state index is 13.9. The number of rotatable bonds is 8. The number of aromatic nitrogens is 4. The molecule has 11 nitrogen and oxygen atoms in total. The predicted molar refractivity (Wildman–Crippen MR) is 189 cm³/mol. The summed E-state index contributed by atoms with van der Waals surface area (Å²) in [7, 11) is 0. The number of halogens is 1. The molecule has 1 unspecified atom stereocenters. The Morgan fingerprint density at radius 3 is 2.53 bits per heavy atom. The molecule has 252 valence electrons. The summed E-state index contributed by atoms with van der Waals surface area (Å²) in [4.78, 5) is 50.5. The molecule has 4 aromatic rings. The number of H-pyrrole nitrogens is 1. The molecule has 3 amide bonds. The first-order valence-electron chi connectivity index (χ1n) is 15.9. The Balaban J connectivity index is 0.00000500. The summed E-state index contributed by atoms with van der Waals surface area (Å²) in [6.45, 7) is 5.05. The average Bonchev–Trinajstić information content (AvgIpc) is 3.67. The Hall–Kier alpha value is -3.87. The number of carbonyl (C=O) groups is 3. The first kappa shape index (κ1) is 36.0. The summed E-state index contributed by atoms with van der Waals surface area (Å²) >= 11 is 1.62. The summed E-state index contributed by atoms with van der Waals surface area (Å²) in [6.07, 6.45) is 5.38. The number of para-hydroxylation sites is 1. The molecule has 0 radical (unpaired) electrons. The number of nitrogens with zero attached hydrogens (tertiary/aromatic N) is 4. The summed E-state index contributed by atoms with van der Waals surface area (Å²) in [5.41, 5.74) is 9.40. The molecule has 0 spiro atoms. The number of benzene rings is 2. The Kier molecular flexibility index (Phi) is 12.9. The van der Waals surface area contributed by atoms with Gasteiger partial charge in [0.2, 0.25) is 17.7 Å². The van der Waals surface area contributed by atoms with Crippen LogP contribution >= 0.6 is 24.2 Å². The molecule has 5 rings (SSSR count). The van der Waals surface area contributed by atoms with E-state index in [1.807, 2.05) is 80.9 Å². The van der Waals surface area contributed by atoms with Crippen LogP contribution in [0.25, 0.3) is 22.3 Å². The zero-order valence-electron chi connectivity index (χ0n) is 27.1. The molecular formula is C34H45ClN8O3S. The van der Waals surface area contributed by atoms with Gasteiger partial charge in [-0.05, 0) is 48.8 Å². The van der Waals surface area contributed by atoms with Crippen LogP contribution < -0.4 is 16.4 Å². The van der Waals surface area contributed by atoms with Gasteiger partial charge in [-0.15, -0.1) is 12.4 Å². The quantitative estimate of drug-likeness (QED) is 0.219. The van der Waals surface area contributed by atoms with Gasteiger partial charge in [0.05, 0.1) is 18.6 Å². The van der Waals surface area contributed by atoms with Crippen molar-refractivity contribution in [2.45, 2.75) is 64.2 Å². The Labute approximate surface area is 286 Å². The minimum Gasteiger partial charge on any atom is -0.361 e. The molecule has 0 aliphatic carbocycles. The van der Waals surface area contributed by atoms with Crippen molar-refractivity contribution in [3.8, 4) is 11.4 Å². The lowest BCUT2D eigenvalue weighted by Gasteiger charge is -2.29. The third-order valence-corrected chi connectivity index (χ3v) is 9.04. The minimum absolute atomic E-state index is 0. The van der Waals surface area contributed by atoms with Gasteiger partial charge in [0.25, 0.3) is 0 Å². The Morgan fingerprint density at radius 2 is 1.79 bits per heavy atom. The highest BCUT2D eigenvalue weighted by molar-refractivity contribution is 7.98. The van der Waals surface area contributed by atoms with Gasteiger partial charge in [-0.25, -0.2) is 9.67 Å². The molecule has 3 heterocycles. The second-order valence-electron chi connectivity index (χ2n) is 12.1. The van der Waals surface area contributed by atoms with Crippen LogP contribution in [0.2, 0.25) is 0 Å². The van der Waals surface area contributed by atoms with Crippen molar-refractivity contribution in [2.75, 3.05) is 25.1 Å². The van der Waals surface area contributed by atoms with E-state index in [1.54, 1.807) is 21.3 Å². The molecule has 0 bridgehead atoms. The van der Waals surface area contributed by atoms with Crippen molar-refractivity contribution in [1.82, 2.24) is 35.3 Å². The molecule has 0 saturated carbocycles. The Morgan fingerprint density at radius 1 is 1.04 bits per heavy atom. The maximum Gasteiger partial charge on any atom is 0.243 e. The monoisotopic (exact) mass is 680 g/mol. The fourth-order valence-electron chi connectivity index (χ4n) is 5.85. The van der Waals surface area contributed by atoms with E-state index >= 15 is 0 Å². The Bertz CT molecular complexity index is 1640. The molecular weight excluding hydrogens is 636 g/mol. The minimum atomic E-state index is -0.763. The summed E-state index contributed by atoms with van der Waals surface area (Å²) in [5, 5.41) is 12.0. The first-order chi connectivity index (χ1) is 22.2. The maximum atomic E-state index is 13.9. The number of nitrogens with two attached hydrogens (primary N) is 1. The van der Waals surface area contributed by atoms with Gasteiger partial charge >= 0.3 is 0 Å². The zero-order valence-corrected chi connectivity index (χ0v) is 28.8.